The van der Waals surface area contributed by atoms with Crippen molar-refractivity contribution in [1.82, 2.24) is 15.5 Å². The smallest absolute Gasteiger partial charge is 0.333 e. The summed E-state index contributed by atoms with van der Waals surface area (Å²) in [6.07, 6.45) is 1.67. The summed E-state index contributed by atoms with van der Waals surface area (Å²) in [4.78, 5) is 38.6. The summed E-state index contributed by atoms with van der Waals surface area (Å²) < 4.78 is 4.96. The number of carbonyl (C=O) groups excluding carboxylic acids is 3. The Bertz CT molecular complexity index is 759. The summed E-state index contributed by atoms with van der Waals surface area (Å²) in [6, 6.07) is 8.94. The maximum atomic E-state index is 12.8. The fraction of sp³-hybridized carbons (Fsp3) is 0.522. The van der Waals surface area contributed by atoms with Crippen molar-refractivity contribution in [3.8, 4) is 0 Å². The minimum atomic E-state index is -0.513. The number of esters is 1. The highest BCUT2D eigenvalue weighted by atomic mass is 16.5. The summed E-state index contributed by atoms with van der Waals surface area (Å²) in [6.45, 7) is 9.34. The van der Waals surface area contributed by atoms with Crippen LogP contribution in [0.3, 0.4) is 0 Å². The molecule has 0 saturated carbocycles. The van der Waals surface area contributed by atoms with E-state index in [2.05, 4.69) is 10.6 Å². The largest absolute Gasteiger partial charge is 0.463 e. The molecule has 1 aromatic carbocycles. The van der Waals surface area contributed by atoms with Gasteiger partial charge in [0, 0.05) is 24.1 Å². The van der Waals surface area contributed by atoms with E-state index < -0.39 is 17.4 Å². The zero-order chi connectivity index (χ0) is 22.9. The number of ether oxygens (including phenoxy) is 1. The summed E-state index contributed by atoms with van der Waals surface area (Å²) in [7, 11) is 3.37. The molecule has 0 heterocycles. The highest BCUT2D eigenvalue weighted by Crippen LogP contribution is 2.27. The van der Waals surface area contributed by atoms with Crippen molar-refractivity contribution in [3.63, 3.8) is 0 Å². The van der Waals surface area contributed by atoms with Crippen LogP contribution in [0.4, 0.5) is 0 Å². The molecule has 2 atom stereocenters. The van der Waals surface area contributed by atoms with E-state index in [1.165, 1.54) is 4.90 Å². The summed E-state index contributed by atoms with van der Waals surface area (Å²) in [5, 5.41) is 5.81. The molecular weight excluding hydrogens is 382 g/mol. The van der Waals surface area contributed by atoms with Crippen LogP contribution in [0.2, 0.25) is 0 Å². The third kappa shape index (κ3) is 6.69. The van der Waals surface area contributed by atoms with Crippen LogP contribution >= 0.6 is 0 Å². The average molecular weight is 418 g/mol. The standard InChI is InChI=1S/C23H35N3O4/c1-8-30-22(29)16(2)14-17(3)26(7)19(27)15-25-21(28)20(24-6)23(4,5)18-12-10-9-11-13-18/h9-14,17,20,24H,8,15H2,1-7H3,(H,25,28)/b16-14+/t17-,20?/m0/s1. The average Bonchev–Trinajstić information content (AvgIpc) is 2.72. The van der Waals surface area contributed by atoms with Crippen LogP contribution in [0.1, 0.15) is 40.2 Å². The van der Waals surface area contributed by atoms with E-state index in [0.717, 1.165) is 5.56 Å². The summed E-state index contributed by atoms with van der Waals surface area (Å²) in [5.74, 6) is -0.909. The summed E-state index contributed by atoms with van der Waals surface area (Å²) in [5.41, 5.74) is 0.992. The van der Waals surface area contributed by atoms with Gasteiger partial charge < -0.3 is 20.3 Å². The Morgan fingerprint density at radius 3 is 2.33 bits per heavy atom. The number of nitrogens with one attached hydrogen (secondary N) is 2. The third-order valence-corrected chi connectivity index (χ3v) is 5.30. The molecule has 0 aliphatic carbocycles. The zero-order valence-corrected chi connectivity index (χ0v) is 19.1. The Hall–Kier alpha value is -2.67. The molecule has 7 heteroatoms. The Labute approximate surface area is 179 Å². The number of nitrogens with zero attached hydrogens (tertiary/aromatic N) is 1. The van der Waals surface area contributed by atoms with Gasteiger partial charge >= 0.3 is 5.97 Å². The first-order chi connectivity index (χ1) is 14.1. The minimum Gasteiger partial charge on any atom is -0.463 e. The lowest BCUT2D eigenvalue weighted by Gasteiger charge is -2.34. The first-order valence-corrected chi connectivity index (χ1v) is 10.2. The molecule has 0 radical (unpaired) electrons. The highest BCUT2D eigenvalue weighted by Gasteiger charge is 2.35. The normalized spacial score (nSPS) is 13.9. The molecule has 0 bridgehead atoms. The fourth-order valence-corrected chi connectivity index (χ4v) is 3.26. The van der Waals surface area contributed by atoms with E-state index in [0.29, 0.717) is 12.2 Å². The lowest BCUT2D eigenvalue weighted by atomic mass is 9.77. The third-order valence-electron chi connectivity index (χ3n) is 5.30. The molecule has 0 aliphatic heterocycles. The van der Waals surface area contributed by atoms with Crippen LogP contribution in [0, 0.1) is 0 Å². The van der Waals surface area contributed by atoms with Gasteiger partial charge in [0.05, 0.1) is 19.2 Å². The second kappa shape index (κ2) is 11.5. The van der Waals surface area contributed by atoms with Crippen LogP contribution in [0.15, 0.2) is 42.0 Å². The maximum Gasteiger partial charge on any atom is 0.333 e. The Morgan fingerprint density at radius 2 is 1.80 bits per heavy atom. The number of hydrogen-bond donors (Lipinski definition) is 2. The van der Waals surface area contributed by atoms with Gasteiger partial charge in [0.2, 0.25) is 11.8 Å². The Morgan fingerprint density at radius 1 is 1.20 bits per heavy atom. The minimum absolute atomic E-state index is 0.130. The van der Waals surface area contributed by atoms with E-state index in [1.807, 2.05) is 44.2 Å². The van der Waals surface area contributed by atoms with Gasteiger partial charge in [-0.25, -0.2) is 4.79 Å². The molecule has 0 fully saturated rings. The van der Waals surface area contributed by atoms with Crippen LogP contribution in [-0.4, -0.2) is 62.0 Å². The molecule has 1 unspecified atom stereocenters. The number of rotatable bonds is 10. The van der Waals surface area contributed by atoms with Gasteiger partial charge in [0.25, 0.3) is 0 Å². The first kappa shape index (κ1) is 25.4. The van der Waals surface area contributed by atoms with E-state index in [4.69, 9.17) is 4.74 Å². The quantitative estimate of drug-likeness (QED) is 0.449. The predicted molar refractivity (Wildman–Crippen MR) is 118 cm³/mol. The Kier molecular flexibility index (Phi) is 9.72. The molecule has 30 heavy (non-hydrogen) atoms. The molecule has 7 nitrogen and oxygen atoms in total. The van der Waals surface area contributed by atoms with Gasteiger partial charge in [-0.2, -0.15) is 0 Å². The number of hydrogen-bond acceptors (Lipinski definition) is 5. The summed E-state index contributed by atoms with van der Waals surface area (Å²) >= 11 is 0. The SMILES string of the molecule is CCOC(=O)/C(C)=C/[C@H](C)N(C)C(=O)CNC(=O)C(NC)C(C)(C)c1ccccc1. The highest BCUT2D eigenvalue weighted by molar-refractivity contribution is 5.89. The molecule has 1 rings (SSSR count). The number of carbonyl (C=O) groups is 3. The van der Waals surface area contributed by atoms with Gasteiger partial charge in [-0.3, -0.25) is 9.59 Å². The van der Waals surface area contributed by atoms with Crippen LogP contribution in [-0.2, 0) is 24.5 Å². The maximum absolute atomic E-state index is 12.8. The van der Waals surface area contributed by atoms with Crippen molar-refractivity contribution in [2.75, 3.05) is 27.2 Å². The monoisotopic (exact) mass is 417 g/mol. The van der Waals surface area contributed by atoms with Gasteiger partial charge in [-0.05, 0) is 33.4 Å². The van der Waals surface area contributed by atoms with Gasteiger partial charge in [0.15, 0.2) is 0 Å². The number of amides is 2. The second-order valence-corrected chi connectivity index (χ2v) is 7.84. The van der Waals surface area contributed by atoms with Gasteiger partial charge in [-0.15, -0.1) is 0 Å². The van der Waals surface area contributed by atoms with Gasteiger partial charge in [-0.1, -0.05) is 50.3 Å². The van der Waals surface area contributed by atoms with E-state index in [-0.39, 0.29) is 24.4 Å². The van der Waals surface area contributed by atoms with Crippen molar-refractivity contribution in [1.29, 1.82) is 0 Å². The molecule has 0 spiro atoms. The van der Waals surface area contributed by atoms with Crippen LogP contribution < -0.4 is 10.6 Å². The van der Waals surface area contributed by atoms with Crippen molar-refractivity contribution < 1.29 is 19.1 Å². The molecule has 2 N–H and O–H groups in total. The van der Waals surface area contributed by atoms with Crippen LogP contribution in [0.5, 0.6) is 0 Å². The van der Waals surface area contributed by atoms with Crippen molar-refractivity contribution in [3.05, 3.63) is 47.5 Å². The fourth-order valence-electron chi connectivity index (χ4n) is 3.26. The molecule has 0 saturated heterocycles. The number of likely N-dealkylation sites (N-methyl/N-ethyl adjacent to an activating group) is 2. The van der Waals surface area contributed by atoms with Crippen molar-refractivity contribution in [2.45, 2.75) is 52.1 Å². The number of benzene rings is 1. The Balaban J connectivity index is 2.75. The van der Waals surface area contributed by atoms with Crippen LogP contribution in [0.25, 0.3) is 0 Å². The molecule has 0 aliphatic rings. The molecule has 0 aromatic heterocycles. The lowest BCUT2D eigenvalue weighted by molar-refractivity contribution is -0.138. The van der Waals surface area contributed by atoms with E-state index in [1.54, 1.807) is 40.9 Å². The van der Waals surface area contributed by atoms with E-state index in [9.17, 15) is 14.4 Å². The van der Waals surface area contributed by atoms with Gasteiger partial charge in [0.1, 0.15) is 0 Å². The lowest BCUT2D eigenvalue weighted by Crippen LogP contribution is -2.55. The first-order valence-electron chi connectivity index (χ1n) is 10.2. The van der Waals surface area contributed by atoms with E-state index >= 15 is 0 Å². The molecule has 1 aromatic rings. The second-order valence-electron chi connectivity index (χ2n) is 7.84. The molecule has 166 valence electrons. The topological polar surface area (TPSA) is 87.7 Å². The molecule has 2 amide bonds. The zero-order valence-electron chi connectivity index (χ0n) is 19.1. The van der Waals surface area contributed by atoms with Crippen molar-refractivity contribution in [2.24, 2.45) is 0 Å². The predicted octanol–water partition coefficient (Wildman–Crippen LogP) is 2.02. The van der Waals surface area contributed by atoms with Crippen molar-refractivity contribution >= 4 is 17.8 Å². The molecular formula is C23H35N3O4.